The average Bonchev–Trinajstić information content (AvgIpc) is 3.17. The summed E-state index contributed by atoms with van der Waals surface area (Å²) >= 11 is 0. The lowest BCUT2D eigenvalue weighted by molar-refractivity contribution is 0.311. The zero-order chi connectivity index (χ0) is 17.1. The van der Waals surface area contributed by atoms with Crippen LogP contribution in [-0.4, -0.2) is 29.2 Å². The van der Waals surface area contributed by atoms with Crippen LogP contribution in [0.5, 0.6) is 5.75 Å². The summed E-state index contributed by atoms with van der Waals surface area (Å²) in [6.07, 6.45) is 1.70. The van der Waals surface area contributed by atoms with E-state index in [9.17, 15) is 0 Å². The molecule has 2 heterocycles. The van der Waals surface area contributed by atoms with Crippen LogP contribution in [0.25, 0.3) is 11.5 Å². The number of rotatable bonds is 6. The van der Waals surface area contributed by atoms with Gasteiger partial charge in [0.1, 0.15) is 17.8 Å². The van der Waals surface area contributed by atoms with Crippen LogP contribution >= 0.6 is 0 Å². The van der Waals surface area contributed by atoms with Gasteiger partial charge in [0.05, 0.1) is 18.5 Å². The molecule has 24 heavy (non-hydrogen) atoms. The molecule has 126 valence electrons. The lowest BCUT2D eigenvalue weighted by Gasteiger charge is -2.14. The number of benzene rings is 1. The number of aromatic nitrogens is 2. The maximum atomic E-state index is 5.60. The van der Waals surface area contributed by atoms with E-state index in [2.05, 4.69) is 15.0 Å². The summed E-state index contributed by atoms with van der Waals surface area (Å²) in [5.41, 5.74) is 3.86. The molecule has 0 spiro atoms. The van der Waals surface area contributed by atoms with Gasteiger partial charge in [-0.2, -0.15) is 0 Å². The summed E-state index contributed by atoms with van der Waals surface area (Å²) in [7, 11) is 3.68. The molecule has 0 unspecified atom stereocenters. The summed E-state index contributed by atoms with van der Waals surface area (Å²) in [5.74, 6) is 2.28. The molecule has 0 saturated heterocycles. The minimum Gasteiger partial charge on any atom is -0.497 e. The molecule has 0 fully saturated rings. The molecule has 3 aromatic rings. The van der Waals surface area contributed by atoms with Crippen molar-refractivity contribution in [2.24, 2.45) is 0 Å². The molecule has 0 saturated carbocycles. The summed E-state index contributed by atoms with van der Waals surface area (Å²) < 4.78 is 16.0. The first-order valence-electron chi connectivity index (χ1n) is 7.76. The van der Waals surface area contributed by atoms with Crippen LogP contribution in [0.1, 0.15) is 22.7 Å². The Kier molecular flexibility index (Phi) is 4.66. The number of hydrogen-bond acceptors (Lipinski definition) is 6. The zero-order valence-corrected chi connectivity index (χ0v) is 14.4. The van der Waals surface area contributed by atoms with E-state index >= 15 is 0 Å². The summed E-state index contributed by atoms with van der Waals surface area (Å²) in [4.78, 5) is 6.72. The van der Waals surface area contributed by atoms with Crippen molar-refractivity contribution >= 4 is 0 Å². The third kappa shape index (κ3) is 3.49. The Bertz CT molecular complexity index is 786. The Morgan fingerprint density at radius 2 is 1.88 bits per heavy atom. The lowest BCUT2D eigenvalue weighted by Crippen LogP contribution is -2.18. The van der Waals surface area contributed by atoms with Crippen LogP contribution in [0, 0.1) is 13.8 Å². The van der Waals surface area contributed by atoms with Gasteiger partial charge in [-0.1, -0.05) is 5.16 Å². The third-order valence-electron chi connectivity index (χ3n) is 3.93. The number of nitrogens with zero attached hydrogens (tertiary/aromatic N) is 3. The molecule has 6 heteroatoms. The number of hydrogen-bond donors (Lipinski definition) is 0. The van der Waals surface area contributed by atoms with E-state index in [1.54, 1.807) is 13.4 Å². The average molecular weight is 327 g/mol. The highest BCUT2D eigenvalue weighted by molar-refractivity contribution is 5.54. The fourth-order valence-corrected chi connectivity index (χ4v) is 2.58. The van der Waals surface area contributed by atoms with E-state index in [-0.39, 0.29) is 0 Å². The number of methoxy groups -OCH3 is 1. The van der Waals surface area contributed by atoms with E-state index < -0.39 is 0 Å². The van der Waals surface area contributed by atoms with Gasteiger partial charge in [0.25, 0.3) is 0 Å². The van der Waals surface area contributed by atoms with Gasteiger partial charge in [0, 0.05) is 24.2 Å². The van der Waals surface area contributed by atoms with Gasteiger partial charge in [-0.15, -0.1) is 0 Å². The van der Waals surface area contributed by atoms with E-state index in [0.717, 1.165) is 40.6 Å². The second-order valence-electron chi connectivity index (χ2n) is 5.85. The standard InChI is InChI=1S/C18H21N3O3/c1-12-17(13(2)24-20-12)10-21(3)9-15-11-23-18(19-15)14-5-7-16(22-4)8-6-14/h5-8,11H,9-10H2,1-4H3. The molecule has 0 atom stereocenters. The molecule has 2 aromatic heterocycles. The van der Waals surface area contributed by atoms with Crippen molar-refractivity contribution in [3.8, 4) is 17.2 Å². The highest BCUT2D eigenvalue weighted by Crippen LogP contribution is 2.22. The van der Waals surface area contributed by atoms with Crippen LogP contribution in [0.3, 0.4) is 0 Å². The van der Waals surface area contributed by atoms with Crippen molar-refractivity contribution < 1.29 is 13.7 Å². The van der Waals surface area contributed by atoms with Crippen molar-refractivity contribution in [2.45, 2.75) is 26.9 Å². The van der Waals surface area contributed by atoms with Crippen molar-refractivity contribution in [1.29, 1.82) is 0 Å². The molecular weight excluding hydrogens is 306 g/mol. The number of oxazole rings is 1. The first kappa shape index (κ1) is 16.3. The van der Waals surface area contributed by atoms with E-state index in [4.69, 9.17) is 13.7 Å². The Morgan fingerprint density at radius 1 is 1.12 bits per heavy atom. The molecule has 0 radical (unpaired) electrons. The predicted molar refractivity (Wildman–Crippen MR) is 89.6 cm³/mol. The van der Waals surface area contributed by atoms with E-state index in [1.807, 2.05) is 45.2 Å². The minimum atomic E-state index is 0.610. The maximum Gasteiger partial charge on any atom is 0.226 e. The van der Waals surface area contributed by atoms with Crippen LogP contribution in [0.4, 0.5) is 0 Å². The van der Waals surface area contributed by atoms with Gasteiger partial charge in [-0.05, 0) is 45.2 Å². The van der Waals surface area contributed by atoms with E-state index in [0.29, 0.717) is 12.4 Å². The van der Waals surface area contributed by atoms with Crippen LogP contribution < -0.4 is 4.74 Å². The SMILES string of the molecule is COc1ccc(-c2nc(CN(C)Cc3c(C)noc3C)co2)cc1. The predicted octanol–water partition coefficient (Wildman–Crippen LogP) is 3.59. The van der Waals surface area contributed by atoms with E-state index in [1.165, 1.54) is 0 Å². The topological polar surface area (TPSA) is 64.5 Å². The Labute approximate surface area is 141 Å². The number of aryl methyl sites for hydroxylation is 2. The largest absolute Gasteiger partial charge is 0.497 e. The molecule has 0 bridgehead atoms. The monoisotopic (exact) mass is 327 g/mol. The number of ether oxygens (including phenoxy) is 1. The van der Waals surface area contributed by atoms with Crippen molar-refractivity contribution in [3.63, 3.8) is 0 Å². The molecule has 6 nitrogen and oxygen atoms in total. The summed E-state index contributed by atoms with van der Waals surface area (Å²) in [6.45, 7) is 5.33. The zero-order valence-electron chi connectivity index (χ0n) is 14.4. The first-order valence-corrected chi connectivity index (χ1v) is 7.76. The van der Waals surface area contributed by atoms with Gasteiger partial charge in [0.15, 0.2) is 0 Å². The smallest absolute Gasteiger partial charge is 0.226 e. The molecule has 3 rings (SSSR count). The quantitative estimate of drug-likeness (QED) is 0.689. The van der Waals surface area contributed by atoms with Gasteiger partial charge in [-0.3, -0.25) is 4.90 Å². The minimum absolute atomic E-state index is 0.610. The molecule has 0 N–H and O–H groups in total. The molecule has 0 amide bonds. The van der Waals surface area contributed by atoms with Gasteiger partial charge < -0.3 is 13.7 Å². The molecule has 0 aliphatic heterocycles. The first-order chi connectivity index (χ1) is 11.6. The van der Waals surface area contributed by atoms with Gasteiger partial charge in [0.2, 0.25) is 5.89 Å². The summed E-state index contributed by atoms with van der Waals surface area (Å²) in [5, 5.41) is 3.99. The van der Waals surface area contributed by atoms with Crippen molar-refractivity contribution in [2.75, 3.05) is 14.2 Å². The lowest BCUT2D eigenvalue weighted by atomic mass is 10.2. The Balaban J connectivity index is 1.67. The normalized spacial score (nSPS) is 11.2. The molecular formula is C18H21N3O3. The Morgan fingerprint density at radius 3 is 2.50 bits per heavy atom. The Hall–Kier alpha value is -2.60. The van der Waals surface area contributed by atoms with Crippen LogP contribution in [-0.2, 0) is 13.1 Å². The molecule has 0 aliphatic carbocycles. The third-order valence-corrected chi connectivity index (χ3v) is 3.93. The fourth-order valence-electron chi connectivity index (χ4n) is 2.58. The molecule has 0 aliphatic rings. The highest BCUT2D eigenvalue weighted by Gasteiger charge is 2.13. The highest BCUT2D eigenvalue weighted by atomic mass is 16.5. The summed E-state index contributed by atoms with van der Waals surface area (Å²) in [6, 6.07) is 7.65. The van der Waals surface area contributed by atoms with Crippen LogP contribution in [0.2, 0.25) is 0 Å². The fraction of sp³-hybridized carbons (Fsp3) is 0.333. The van der Waals surface area contributed by atoms with Gasteiger partial charge >= 0.3 is 0 Å². The second-order valence-corrected chi connectivity index (χ2v) is 5.85. The van der Waals surface area contributed by atoms with Crippen molar-refractivity contribution in [3.05, 3.63) is 53.2 Å². The maximum absolute atomic E-state index is 5.60. The molecule has 1 aromatic carbocycles. The van der Waals surface area contributed by atoms with Gasteiger partial charge in [-0.25, -0.2) is 4.98 Å². The second kappa shape index (κ2) is 6.88. The van der Waals surface area contributed by atoms with Crippen molar-refractivity contribution in [1.82, 2.24) is 15.0 Å². The van der Waals surface area contributed by atoms with Crippen LogP contribution in [0.15, 0.2) is 39.5 Å².